The highest BCUT2D eigenvalue weighted by Crippen LogP contribution is 2.23. The molecule has 0 atom stereocenters. The van der Waals surface area contributed by atoms with Crippen molar-refractivity contribution in [1.29, 1.82) is 0 Å². The van der Waals surface area contributed by atoms with Gasteiger partial charge in [0.2, 0.25) is 5.91 Å². The van der Waals surface area contributed by atoms with Crippen molar-refractivity contribution in [3.63, 3.8) is 0 Å². The van der Waals surface area contributed by atoms with E-state index in [2.05, 4.69) is 10.4 Å². The van der Waals surface area contributed by atoms with Gasteiger partial charge in [-0.1, -0.05) is 48.5 Å². The van der Waals surface area contributed by atoms with Crippen LogP contribution in [-0.2, 0) is 17.9 Å². The van der Waals surface area contributed by atoms with Crippen LogP contribution in [0.4, 0.5) is 0 Å². The molecule has 0 spiro atoms. The van der Waals surface area contributed by atoms with Crippen molar-refractivity contribution in [2.24, 2.45) is 0 Å². The van der Waals surface area contributed by atoms with Gasteiger partial charge in [0.05, 0.1) is 11.4 Å². The molecule has 0 aliphatic heterocycles. The molecule has 8 heteroatoms. The monoisotopic (exact) mass is 415 g/mol. The molecule has 4 rings (SSSR count). The summed E-state index contributed by atoms with van der Waals surface area (Å²) in [5, 5.41) is 20.5. The smallest absolute Gasteiger partial charge is 0.356 e. The highest BCUT2D eigenvalue weighted by molar-refractivity contribution is 5.85. The van der Waals surface area contributed by atoms with Gasteiger partial charge in [-0.05, 0) is 18.2 Å². The molecule has 2 N–H and O–H groups in total. The van der Waals surface area contributed by atoms with Crippen LogP contribution in [0.15, 0.2) is 79.1 Å². The highest BCUT2D eigenvalue weighted by Gasteiger charge is 2.14. The van der Waals surface area contributed by atoms with E-state index in [1.54, 1.807) is 10.9 Å². The van der Waals surface area contributed by atoms with Crippen molar-refractivity contribution in [2.75, 3.05) is 0 Å². The molecule has 0 bridgehead atoms. The van der Waals surface area contributed by atoms with Crippen molar-refractivity contribution in [3.8, 4) is 16.9 Å². The number of carboxylic acid groups (broad SMARTS) is 1. The Morgan fingerprint density at radius 3 is 2.32 bits per heavy atom. The molecule has 0 aliphatic rings. The fourth-order valence-corrected chi connectivity index (χ4v) is 3.19. The van der Waals surface area contributed by atoms with Crippen LogP contribution in [0.2, 0.25) is 0 Å². The third-order valence-electron chi connectivity index (χ3n) is 4.76. The predicted molar refractivity (Wildman–Crippen MR) is 115 cm³/mol. The van der Waals surface area contributed by atoms with E-state index in [-0.39, 0.29) is 18.0 Å². The molecule has 0 unspecified atom stereocenters. The van der Waals surface area contributed by atoms with Gasteiger partial charge in [-0.15, -0.1) is 0 Å². The number of carbonyl (C=O) groups is 2. The van der Waals surface area contributed by atoms with E-state index in [0.717, 1.165) is 22.5 Å². The Balaban J connectivity index is 1.46. The molecule has 8 nitrogen and oxygen atoms in total. The van der Waals surface area contributed by atoms with Gasteiger partial charge in [-0.25, -0.2) is 9.48 Å². The zero-order chi connectivity index (χ0) is 21.6. The normalized spacial score (nSPS) is 10.7. The lowest BCUT2D eigenvalue weighted by molar-refractivity contribution is -0.121. The van der Waals surface area contributed by atoms with Crippen molar-refractivity contribution in [2.45, 2.75) is 19.5 Å². The molecular formula is C23H21N5O3. The molecule has 1 amide bonds. The lowest BCUT2D eigenvalue weighted by atomic mass is 10.1. The first-order valence-electron chi connectivity index (χ1n) is 9.83. The lowest BCUT2D eigenvalue weighted by Gasteiger charge is -2.06. The number of rotatable bonds is 8. The third-order valence-corrected chi connectivity index (χ3v) is 4.76. The fraction of sp³-hybridized carbons (Fsp3) is 0.130. The van der Waals surface area contributed by atoms with Gasteiger partial charge in [0, 0.05) is 43.0 Å². The van der Waals surface area contributed by atoms with E-state index >= 15 is 0 Å². The van der Waals surface area contributed by atoms with Crippen LogP contribution in [0.25, 0.3) is 16.9 Å². The van der Waals surface area contributed by atoms with Crippen LogP contribution >= 0.6 is 0 Å². The molecule has 31 heavy (non-hydrogen) atoms. The maximum Gasteiger partial charge on any atom is 0.356 e. The number of carboxylic acids is 1. The van der Waals surface area contributed by atoms with Crippen LogP contribution < -0.4 is 5.32 Å². The Bertz CT molecular complexity index is 1180. The first kappa shape index (κ1) is 20.1. The second-order valence-electron chi connectivity index (χ2n) is 6.95. The van der Waals surface area contributed by atoms with Gasteiger partial charge in [0.1, 0.15) is 0 Å². The Morgan fingerprint density at radius 2 is 1.65 bits per heavy atom. The second kappa shape index (κ2) is 9.08. The average molecular weight is 415 g/mol. The number of carbonyl (C=O) groups excluding carboxylic acids is 1. The molecule has 0 fully saturated rings. The lowest BCUT2D eigenvalue weighted by Crippen LogP contribution is -2.24. The molecule has 2 aromatic carbocycles. The summed E-state index contributed by atoms with van der Waals surface area (Å²) in [5.41, 5.74) is 3.57. The maximum absolute atomic E-state index is 12.4. The van der Waals surface area contributed by atoms with Gasteiger partial charge in [-0.2, -0.15) is 10.2 Å². The standard InChI is InChI=1S/C23H21N5O3/c29-21(12-14-27-13-11-20(25-27)23(30)31)24-15-18-16-28(19-9-5-2-6-10-19)26-22(18)17-7-3-1-4-8-17/h1-11,13,16H,12,14-15H2,(H,24,29)(H,30,31). The zero-order valence-corrected chi connectivity index (χ0v) is 16.7. The minimum atomic E-state index is -1.09. The minimum Gasteiger partial charge on any atom is -0.476 e. The number of amides is 1. The van der Waals surface area contributed by atoms with E-state index in [1.807, 2.05) is 66.9 Å². The van der Waals surface area contributed by atoms with E-state index in [1.165, 1.54) is 10.7 Å². The zero-order valence-electron chi connectivity index (χ0n) is 16.7. The average Bonchev–Trinajstić information content (AvgIpc) is 3.45. The summed E-state index contributed by atoms with van der Waals surface area (Å²) in [6.45, 7) is 0.628. The molecule has 2 aromatic heterocycles. The van der Waals surface area contributed by atoms with Crippen LogP contribution in [0.5, 0.6) is 0 Å². The van der Waals surface area contributed by atoms with Gasteiger partial charge in [0.15, 0.2) is 5.69 Å². The van der Waals surface area contributed by atoms with E-state index < -0.39 is 5.97 Å². The van der Waals surface area contributed by atoms with Crippen LogP contribution in [0, 0.1) is 0 Å². The van der Waals surface area contributed by atoms with E-state index in [9.17, 15) is 9.59 Å². The van der Waals surface area contributed by atoms with Crippen molar-refractivity contribution < 1.29 is 14.7 Å². The summed E-state index contributed by atoms with van der Waals surface area (Å²) >= 11 is 0. The number of hydrogen-bond donors (Lipinski definition) is 2. The number of nitrogens with one attached hydrogen (secondary N) is 1. The topological polar surface area (TPSA) is 102 Å². The number of hydrogen-bond acceptors (Lipinski definition) is 4. The Kier molecular flexibility index (Phi) is 5.89. The van der Waals surface area contributed by atoms with Crippen LogP contribution in [0.1, 0.15) is 22.5 Å². The third kappa shape index (κ3) is 4.87. The van der Waals surface area contributed by atoms with Gasteiger partial charge < -0.3 is 10.4 Å². The molecule has 0 saturated heterocycles. The minimum absolute atomic E-state index is 0.0405. The number of benzene rings is 2. The summed E-state index contributed by atoms with van der Waals surface area (Å²) in [7, 11) is 0. The molecule has 4 aromatic rings. The SMILES string of the molecule is O=C(CCn1ccc(C(=O)O)n1)NCc1cn(-c2ccccc2)nc1-c1ccccc1. The molecule has 0 radical (unpaired) electrons. The second-order valence-corrected chi connectivity index (χ2v) is 6.95. The predicted octanol–water partition coefficient (Wildman–Crippen LogP) is 3.14. The summed E-state index contributed by atoms with van der Waals surface area (Å²) in [4.78, 5) is 23.3. The van der Waals surface area contributed by atoms with Crippen LogP contribution in [0.3, 0.4) is 0 Å². The van der Waals surface area contributed by atoms with Gasteiger partial charge in [0.25, 0.3) is 0 Å². The molecule has 0 saturated carbocycles. The van der Waals surface area contributed by atoms with Crippen molar-refractivity contribution in [3.05, 3.63) is 90.4 Å². The van der Waals surface area contributed by atoms with Crippen molar-refractivity contribution in [1.82, 2.24) is 24.9 Å². The van der Waals surface area contributed by atoms with Gasteiger partial charge in [-0.3, -0.25) is 9.48 Å². The summed E-state index contributed by atoms with van der Waals surface area (Å²) in [6, 6.07) is 21.0. The Morgan fingerprint density at radius 1 is 0.935 bits per heavy atom. The fourth-order valence-electron chi connectivity index (χ4n) is 3.19. The summed E-state index contributed by atoms with van der Waals surface area (Å²) in [5.74, 6) is -1.24. The highest BCUT2D eigenvalue weighted by atomic mass is 16.4. The van der Waals surface area contributed by atoms with Gasteiger partial charge >= 0.3 is 5.97 Å². The molecular weight excluding hydrogens is 394 g/mol. The first-order valence-corrected chi connectivity index (χ1v) is 9.83. The number of aromatic nitrogens is 4. The summed E-state index contributed by atoms with van der Waals surface area (Å²) < 4.78 is 3.26. The summed E-state index contributed by atoms with van der Waals surface area (Å²) in [6.07, 6.45) is 3.66. The number of para-hydroxylation sites is 1. The number of aromatic carboxylic acids is 1. The maximum atomic E-state index is 12.4. The molecule has 2 heterocycles. The van der Waals surface area contributed by atoms with Crippen molar-refractivity contribution >= 4 is 11.9 Å². The number of aryl methyl sites for hydroxylation is 1. The Labute approximate surface area is 178 Å². The first-order chi connectivity index (χ1) is 15.1. The van der Waals surface area contributed by atoms with Crippen LogP contribution in [-0.4, -0.2) is 36.5 Å². The molecule has 156 valence electrons. The molecule has 0 aliphatic carbocycles. The van der Waals surface area contributed by atoms with E-state index in [4.69, 9.17) is 10.2 Å². The quantitative estimate of drug-likeness (QED) is 0.460. The Hall–Kier alpha value is -4.20. The van der Waals surface area contributed by atoms with E-state index in [0.29, 0.717) is 13.1 Å². The largest absolute Gasteiger partial charge is 0.476 e. The number of nitrogens with zero attached hydrogens (tertiary/aromatic N) is 4.